The van der Waals surface area contributed by atoms with Crippen molar-refractivity contribution in [2.75, 3.05) is 20.1 Å². The van der Waals surface area contributed by atoms with Gasteiger partial charge < -0.3 is 10.2 Å². The number of pyridine rings is 1. The minimum atomic E-state index is -0.0480. The van der Waals surface area contributed by atoms with Crippen LogP contribution in [-0.2, 0) is 4.79 Å². The van der Waals surface area contributed by atoms with Crippen molar-refractivity contribution in [2.24, 2.45) is 0 Å². The van der Waals surface area contributed by atoms with Crippen molar-refractivity contribution >= 4 is 22.9 Å². The molecule has 0 spiro atoms. The van der Waals surface area contributed by atoms with Crippen LogP contribution in [0, 0.1) is 0 Å². The minimum Gasteiger partial charge on any atom is -0.353 e. The van der Waals surface area contributed by atoms with E-state index >= 15 is 0 Å². The van der Waals surface area contributed by atoms with Crippen LogP contribution in [-0.4, -0.2) is 42.0 Å². The molecule has 1 aromatic heterocycles. The zero-order valence-electron chi connectivity index (χ0n) is 14.8. The summed E-state index contributed by atoms with van der Waals surface area (Å²) in [5.41, 5.74) is 1.95. The lowest BCUT2D eigenvalue weighted by atomic mass is 10.1. The second-order valence-corrected chi connectivity index (χ2v) is 6.32. The van der Waals surface area contributed by atoms with E-state index in [1.54, 1.807) is 12.3 Å². The van der Waals surface area contributed by atoms with E-state index in [-0.39, 0.29) is 5.91 Å². The Morgan fingerprint density at radius 1 is 1.25 bits per heavy atom. The number of para-hydroxylation sites is 1. The van der Waals surface area contributed by atoms with Crippen LogP contribution >= 0.6 is 0 Å². The van der Waals surface area contributed by atoms with E-state index in [9.17, 15) is 4.79 Å². The summed E-state index contributed by atoms with van der Waals surface area (Å²) in [7, 11) is 2.13. The van der Waals surface area contributed by atoms with E-state index in [0.29, 0.717) is 12.6 Å². The van der Waals surface area contributed by atoms with Gasteiger partial charge in [0.05, 0.1) is 5.52 Å². The van der Waals surface area contributed by atoms with E-state index in [2.05, 4.69) is 36.1 Å². The van der Waals surface area contributed by atoms with Crippen molar-refractivity contribution in [1.82, 2.24) is 15.2 Å². The number of fused-ring (bicyclic) bond motifs is 1. The molecule has 0 saturated carbocycles. The number of rotatable bonds is 8. The van der Waals surface area contributed by atoms with Crippen molar-refractivity contribution in [3.63, 3.8) is 0 Å². The smallest absolute Gasteiger partial charge is 0.243 e. The lowest BCUT2D eigenvalue weighted by Gasteiger charge is -2.20. The van der Waals surface area contributed by atoms with E-state index in [1.807, 2.05) is 36.4 Å². The van der Waals surface area contributed by atoms with Crippen LogP contribution < -0.4 is 5.32 Å². The standard InChI is InChI=1S/C20H27N3O/c1-16(2)23(3)15-7-6-13-22-20(24)11-10-17-12-14-21-19-9-5-4-8-18(17)19/h4-5,8-12,14,16H,6-7,13,15H2,1-3H3,(H,22,24)/b11-10-. The van der Waals surface area contributed by atoms with E-state index in [1.165, 1.54) is 0 Å². The molecule has 2 rings (SSSR count). The number of hydrogen-bond donors (Lipinski definition) is 1. The fourth-order valence-electron chi connectivity index (χ4n) is 2.44. The Kier molecular flexibility index (Phi) is 6.94. The van der Waals surface area contributed by atoms with Crippen LogP contribution in [0.2, 0.25) is 0 Å². The van der Waals surface area contributed by atoms with Gasteiger partial charge in [-0.3, -0.25) is 9.78 Å². The molecule has 4 heteroatoms. The van der Waals surface area contributed by atoms with Crippen LogP contribution in [0.1, 0.15) is 32.3 Å². The second-order valence-electron chi connectivity index (χ2n) is 6.32. The number of nitrogens with one attached hydrogen (secondary N) is 1. The van der Waals surface area contributed by atoms with Crippen molar-refractivity contribution in [1.29, 1.82) is 0 Å². The molecule has 0 bridgehead atoms. The fraction of sp³-hybridized carbons (Fsp3) is 0.400. The molecule has 1 N–H and O–H groups in total. The van der Waals surface area contributed by atoms with Crippen LogP contribution in [0.4, 0.5) is 0 Å². The largest absolute Gasteiger partial charge is 0.353 e. The summed E-state index contributed by atoms with van der Waals surface area (Å²) in [5.74, 6) is -0.0480. The molecule has 0 unspecified atom stereocenters. The van der Waals surface area contributed by atoms with Crippen molar-refractivity contribution in [3.8, 4) is 0 Å². The van der Waals surface area contributed by atoms with Crippen molar-refractivity contribution in [3.05, 3.63) is 48.2 Å². The van der Waals surface area contributed by atoms with Crippen LogP contribution in [0.3, 0.4) is 0 Å². The molecular weight excluding hydrogens is 298 g/mol. The predicted molar refractivity (Wildman–Crippen MR) is 101 cm³/mol. The quantitative estimate of drug-likeness (QED) is 0.597. The number of nitrogens with zero attached hydrogens (tertiary/aromatic N) is 2. The molecule has 1 amide bonds. The summed E-state index contributed by atoms with van der Waals surface area (Å²) in [6, 6.07) is 10.4. The average molecular weight is 325 g/mol. The monoisotopic (exact) mass is 325 g/mol. The third-order valence-electron chi connectivity index (χ3n) is 4.22. The zero-order chi connectivity index (χ0) is 17.4. The van der Waals surface area contributed by atoms with Crippen LogP contribution in [0.25, 0.3) is 17.0 Å². The molecule has 0 aliphatic heterocycles. The topological polar surface area (TPSA) is 45.2 Å². The van der Waals surface area contributed by atoms with Crippen LogP contribution in [0.15, 0.2) is 42.6 Å². The highest BCUT2D eigenvalue weighted by atomic mass is 16.1. The first-order valence-electron chi connectivity index (χ1n) is 8.58. The highest BCUT2D eigenvalue weighted by Gasteiger charge is 2.02. The van der Waals surface area contributed by atoms with Gasteiger partial charge in [-0.25, -0.2) is 0 Å². The number of unbranched alkanes of at least 4 members (excludes halogenated alkanes) is 1. The van der Waals surface area contributed by atoms with Gasteiger partial charge in [-0.15, -0.1) is 0 Å². The Balaban J connectivity index is 1.79. The van der Waals surface area contributed by atoms with Crippen molar-refractivity contribution in [2.45, 2.75) is 32.7 Å². The lowest BCUT2D eigenvalue weighted by molar-refractivity contribution is -0.116. The summed E-state index contributed by atoms with van der Waals surface area (Å²) in [4.78, 5) is 18.6. The molecular formula is C20H27N3O. The van der Waals surface area contributed by atoms with Gasteiger partial charge in [0, 0.05) is 30.2 Å². The SMILES string of the molecule is CC(C)N(C)CCCCNC(=O)/C=C\c1ccnc2ccccc12. The summed E-state index contributed by atoms with van der Waals surface area (Å²) in [6.07, 6.45) is 7.31. The number of carbonyl (C=O) groups is 1. The predicted octanol–water partition coefficient (Wildman–Crippen LogP) is 3.48. The molecule has 0 fully saturated rings. The van der Waals surface area contributed by atoms with Crippen molar-refractivity contribution < 1.29 is 4.79 Å². The minimum absolute atomic E-state index is 0.0480. The molecule has 1 heterocycles. The maximum absolute atomic E-state index is 11.9. The van der Waals surface area contributed by atoms with Gasteiger partial charge in [0.25, 0.3) is 0 Å². The highest BCUT2D eigenvalue weighted by molar-refractivity contribution is 5.95. The number of carbonyl (C=O) groups excluding carboxylic acids is 1. The van der Waals surface area contributed by atoms with E-state index < -0.39 is 0 Å². The first-order valence-corrected chi connectivity index (χ1v) is 8.58. The van der Waals surface area contributed by atoms with E-state index in [4.69, 9.17) is 0 Å². The first-order chi connectivity index (χ1) is 11.6. The Morgan fingerprint density at radius 3 is 2.83 bits per heavy atom. The molecule has 24 heavy (non-hydrogen) atoms. The summed E-state index contributed by atoms with van der Waals surface area (Å²) in [6.45, 7) is 6.16. The number of aromatic nitrogens is 1. The third-order valence-corrected chi connectivity index (χ3v) is 4.22. The maximum atomic E-state index is 11.9. The van der Waals surface area contributed by atoms with Gasteiger partial charge >= 0.3 is 0 Å². The fourth-order valence-corrected chi connectivity index (χ4v) is 2.44. The Labute approximate surface area is 144 Å². The Morgan fingerprint density at radius 2 is 2.04 bits per heavy atom. The van der Waals surface area contributed by atoms with Gasteiger partial charge in [0.2, 0.25) is 5.91 Å². The van der Waals surface area contributed by atoms with E-state index in [0.717, 1.165) is 35.9 Å². The molecule has 128 valence electrons. The number of benzene rings is 1. The van der Waals surface area contributed by atoms with Gasteiger partial charge in [-0.1, -0.05) is 18.2 Å². The van der Waals surface area contributed by atoms with Gasteiger partial charge in [-0.2, -0.15) is 0 Å². The molecule has 0 atom stereocenters. The summed E-state index contributed by atoms with van der Waals surface area (Å²) >= 11 is 0. The third kappa shape index (κ3) is 5.46. The molecule has 1 aromatic carbocycles. The van der Waals surface area contributed by atoms with Gasteiger partial charge in [-0.05, 0) is 64.1 Å². The molecule has 0 radical (unpaired) electrons. The normalized spacial score (nSPS) is 11.7. The number of amides is 1. The molecule has 0 aliphatic carbocycles. The summed E-state index contributed by atoms with van der Waals surface area (Å²) in [5, 5.41) is 4.00. The second kappa shape index (κ2) is 9.18. The highest BCUT2D eigenvalue weighted by Crippen LogP contribution is 2.17. The first kappa shape index (κ1) is 18.1. The molecule has 0 saturated heterocycles. The number of hydrogen-bond acceptors (Lipinski definition) is 3. The Hall–Kier alpha value is -2.20. The average Bonchev–Trinajstić information content (AvgIpc) is 2.59. The molecule has 0 aliphatic rings. The maximum Gasteiger partial charge on any atom is 0.243 e. The summed E-state index contributed by atoms with van der Waals surface area (Å²) < 4.78 is 0. The zero-order valence-corrected chi connectivity index (χ0v) is 14.8. The Bertz CT molecular complexity index is 689. The van der Waals surface area contributed by atoms with Crippen LogP contribution in [0.5, 0.6) is 0 Å². The van der Waals surface area contributed by atoms with Gasteiger partial charge in [0.15, 0.2) is 0 Å². The lowest BCUT2D eigenvalue weighted by Crippen LogP contribution is -2.28. The molecule has 4 nitrogen and oxygen atoms in total. The molecule has 2 aromatic rings. The van der Waals surface area contributed by atoms with Gasteiger partial charge in [0.1, 0.15) is 0 Å².